The van der Waals surface area contributed by atoms with Crippen LogP contribution in [0.1, 0.15) is 17.7 Å². The maximum absolute atomic E-state index is 12.9. The molecule has 6 heteroatoms. The topological polar surface area (TPSA) is 37.8 Å². The van der Waals surface area contributed by atoms with Gasteiger partial charge in [0.1, 0.15) is 5.69 Å². The number of nitrogens with zero attached hydrogens (tertiary/aromatic N) is 2. The predicted molar refractivity (Wildman–Crippen MR) is 63.1 cm³/mol. The number of thiophene rings is 1. The van der Waals surface area contributed by atoms with Crippen LogP contribution >= 0.6 is 11.3 Å². The highest BCUT2D eigenvalue weighted by molar-refractivity contribution is 7.08. The van der Waals surface area contributed by atoms with Crippen molar-refractivity contribution in [1.29, 1.82) is 0 Å². The van der Waals surface area contributed by atoms with Crippen LogP contribution in [0.25, 0.3) is 11.4 Å². The largest absolute Gasteiger partial charge is 0.316 e. The number of hydrogen-bond donors (Lipinski definition) is 1. The Hall–Kier alpha value is -1.40. The Morgan fingerprint density at radius 2 is 2.29 bits per heavy atom. The minimum Gasteiger partial charge on any atom is -0.316 e. The standard InChI is InChI=1S/C11H11F2N3S/c1-14-4-8-5-15-11(7-2-3-17-6-7)16-9(8)10(12)13/h2-3,5-6,10,14H,4H2,1H3. The summed E-state index contributed by atoms with van der Waals surface area (Å²) < 4.78 is 25.7. The molecule has 0 atom stereocenters. The van der Waals surface area contributed by atoms with Gasteiger partial charge in [0, 0.05) is 29.2 Å². The van der Waals surface area contributed by atoms with E-state index in [1.807, 2.05) is 16.8 Å². The van der Waals surface area contributed by atoms with Gasteiger partial charge in [-0.05, 0) is 18.5 Å². The molecule has 0 saturated carbocycles. The summed E-state index contributed by atoms with van der Waals surface area (Å²) in [6.07, 6.45) is -1.13. The molecule has 0 aliphatic rings. The van der Waals surface area contributed by atoms with Gasteiger partial charge in [0.15, 0.2) is 5.82 Å². The van der Waals surface area contributed by atoms with Crippen molar-refractivity contribution in [2.75, 3.05) is 7.05 Å². The van der Waals surface area contributed by atoms with Crippen molar-refractivity contribution in [3.05, 3.63) is 34.3 Å². The van der Waals surface area contributed by atoms with Crippen LogP contribution in [0, 0.1) is 0 Å². The van der Waals surface area contributed by atoms with Gasteiger partial charge in [-0.2, -0.15) is 11.3 Å². The Morgan fingerprint density at radius 1 is 1.47 bits per heavy atom. The molecule has 0 aliphatic carbocycles. The summed E-state index contributed by atoms with van der Waals surface area (Å²) in [5.74, 6) is 0.349. The molecular formula is C11H11F2N3S. The number of halogens is 2. The van der Waals surface area contributed by atoms with Gasteiger partial charge in [0.2, 0.25) is 0 Å². The summed E-state index contributed by atoms with van der Waals surface area (Å²) in [6, 6.07) is 1.81. The third kappa shape index (κ3) is 2.65. The molecule has 1 N–H and O–H groups in total. The molecule has 3 nitrogen and oxygen atoms in total. The van der Waals surface area contributed by atoms with Crippen LogP contribution < -0.4 is 5.32 Å². The zero-order valence-corrected chi connectivity index (χ0v) is 9.97. The molecule has 0 bridgehead atoms. The second-order valence-electron chi connectivity index (χ2n) is 3.45. The Morgan fingerprint density at radius 3 is 2.88 bits per heavy atom. The summed E-state index contributed by atoms with van der Waals surface area (Å²) >= 11 is 1.48. The minimum atomic E-state index is -2.58. The van der Waals surface area contributed by atoms with Crippen LogP contribution in [0.15, 0.2) is 23.0 Å². The molecule has 17 heavy (non-hydrogen) atoms. The van der Waals surface area contributed by atoms with Crippen LogP contribution in [-0.2, 0) is 6.54 Å². The van der Waals surface area contributed by atoms with Crippen molar-refractivity contribution < 1.29 is 8.78 Å². The second kappa shape index (κ2) is 5.29. The molecule has 0 fully saturated rings. The first kappa shape index (κ1) is 12.1. The van der Waals surface area contributed by atoms with Crippen molar-refractivity contribution in [3.63, 3.8) is 0 Å². The van der Waals surface area contributed by atoms with Crippen LogP contribution in [0.2, 0.25) is 0 Å². The number of hydrogen-bond acceptors (Lipinski definition) is 4. The molecule has 0 saturated heterocycles. The fourth-order valence-corrected chi connectivity index (χ4v) is 2.10. The van der Waals surface area contributed by atoms with E-state index in [-0.39, 0.29) is 5.69 Å². The van der Waals surface area contributed by atoms with E-state index in [4.69, 9.17) is 0 Å². The molecule has 2 aromatic rings. The molecule has 0 amide bonds. The molecule has 2 rings (SSSR count). The summed E-state index contributed by atoms with van der Waals surface area (Å²) in [5, 5.41) is 6.52. The lowest BCUT2D eigenvalue weighted by atomic mass is 10.2. The van der Waals surface area contributed by atoms with Crippen LogP contribution in [0.5, 0.6) is 0 Å². The number of alkyl halides is 2. The van der Waals surface area contributed by atoms with Gasteiger partial charge in [0.05, 0.1) is 0 Å². The van der Waals surface area contributed by atoms with Crippen molar-refractivity contribution >= 4 is 11.3 Å². The quantitative estimate of drug-likeness (QED) is 0.912. The SMILES string of the molecule is CNCc1cnc(-c2ccsc2)nc1C(F)F. The molecule has 2 aromatic heterocycles. The summed E-state index contributed by atoms with van der Waals surface area (Å²) in [5.41, 5.74) is 1.00. The van der Waals surface area contributed by atoms with Crippen molar-refractivity contribution in [3.8, 4) is 11.4 Å². The Balaban J connectivity index is 2.42. The lowest BCUT2D eigenvalue weighted by Crippen LogP contribution is -2.10. The maximum atomic E-state index is 12.9. The van der Waals surface area contributed by atoms with Crippen molar-refractivity contribution in [2.24, 2.45) is 0 Å². The monoisotopic (exact) mass is 255 g/mol. The molecule has 0 aromatic carbocycles. The summed E-state index contributed by atoms with van der Waals surface area (Å²) in [4.78, 5) is 8.04. The van der Waals surface area contributed by atoms with Crippen LogP contribution in [-0.4, -0.2) is 17.0 Å². The molecule has 0 radical (unpaired) electrons. The zero-order chi connectivity index (χ0) is 12.3. The van der Waals surface area contributed by atoms with Crippen molar-refractivity contribution in [1.82, 2.24) is 15.3 Å². The van der Waals surface area contributed by atoms with E-state index in [2.05, 4.69) is 15.3 Å². The van der Waals surface area contributed by atoms with Gasteiger partial charge in [-0.1, -0.05) is 0 Å². The van der Waals surface area contributed by atoms with E-state index in [9.17, 15) is 8.78 Å². The molecule has 0 aliphatic heterocycles. The third-order valence-corrected chi connectivity index (χ3v) is 2.93. The molecule has 2 heterocycles. The van der Waals surface area contributed by atoms with Crippen LogP contribution in [0.3, 0.4) is 0 Å². The summed E-state index contributed by atoms with van der Waals surface area (Å²) in [6.45, 7) is 0.337. The first-order valence-corrected chi connectivity index (χ1v) is 5.97. The first-order chi connectivity index (χ1) is 8.22. The maximum Gasteiger partial charge on any atom is 0.280 e. The second-order valence-corrected chi connectivity index (χ2v) is 4.23. The van der Waals surface area contributed by atoms with E-state index < -0.39 is 6.43 Å². The van der Waals surface area contributed by atoms with Gasteiger partial charge in [0.25, 0.3) is 6.43 Å². The lowest BCUT2D eigenvalue weighted by Gasteiger charge is -2.08. The van der Waals surface area contributed by atoms with Crippen LogP contribution in [0.4, 0.5) is 8.78 Å². The minimum absolute atomic E-state index is 0.199. The highest BCUT2D eigenvalue weighted by atomic mass is 32.1. The fourth-order valence-electron chi connectivity index (χ4n) is 1.47. The van der Waals surface area contributed by atoms with Gasteiger partial charge in [-0.15, -0.1) is 0 Å². The van der Waals surface area contributed by atoms with Gasteiger partial charge < -0.3 is 5.32 Å². The van der Waals surface area contributed by atoms with Crippen molar-refractivity contribution in [2.45, 2.75) is 13.0 Å². The first-order valence-electron chi connectivity index (χ1n) is 5.03. The highest BCUT2D eigenvalue weighted by Crippen LogP contribution is 2.24. The van der Waals surface area contributed by atoms with E-state index in [1.165, 1.54) is 17.5 Å². The number of rotatable bonds is 4. The summed E-state index contributed by atoms with van der Waals surface area (Å²) in [7, 11) is 1.70. The Kier molecular flexibility index (Phi) is 3.75. The van der Waals surface area contributed by atoms with E-state index in [0.717, 1.165) is 5.56 Å². The molecule has 0 unspecified atom stereocenters. The van der Waals surface area contributed by atoms with Gasteiger partial charge in [-0.3, -0.25) is 0 Å². The third-order valence-electron chi connectivity index (χ3n) is 2.25. The normalized spacial score (nSPS) is 11.1. The predicted octanol–water partition coefficient (Wildman–Crippen LogP) is 2.86. The molecule has 90 valence electrons. The van der Waals surface area contributed by atoms with Gasteiger partial charge in [-0.25, -0.2) is 18.7 Å². The highest BCUT2D eigenvalue weighted by Gasteiger charge is 2.16. The molecule has 0 spiro atoms. The Bertz CT molecular complexity index is 485. The smallest absolute Gasteiger partial charge is 0.280 e. The average Bonchev–Trinajstić information content (AvgIpc) is 2.83. The Labute approximate surface area is 102 Å². The van der Waals surface area contributed by atoms with Gasteiger partial charge >= 0.3 is 0 Å². The fraction of sp³-hybridized carbons (Fsp3) is 0.273. The average molecular weight is 255 g/mol. The molecular weight excluding hydrogens is 244 g/mol. The lowest BCUT2D eigenvalue weighted by molar-refractivity contribution is 0.144. The van der Waals surface area contributed by atoms with E-state index in [1.54, 1.807) is 7.05 Å². The van der Waals surface area contributed by atoms with E-state index in [0.29, 0.717) is 17.9 Å². The number of nitrogens with one attached hydrogen (secondary N) is 1. The van der Waals surface area contributed by atoms with E-state index >= 15 is 0 Å². The zero-order valence-electron chi connectivity index (χ0n) is 9.15. The number of aromatic nitrogens is 2.